The summed E-state index contributed by atoms with van der Waals surface area (Å²) in [4.78, 5) is 0. The number of nitrogens with zero attached hydrogens (tertiary/aromatic N) is 2. The molecular weight excluding hydrogens is 205 g/mol. The predicted octanol–water partition coefficient (Wildman–Crippen LogP) is 2.37. The molecule has 0 aliphatic rings. The van der Waals surface area contributed by atoms with Crippen molar-refractivity contribution in [1.82, 2.24) is 9.78 Å². The van der Waals surface area contributed by atoms with Crippen LogP contribution in [0.15, 0.2) is 24.4 Å². The Balaban J connectivity index is 2.52. The Hall–Kier alpha value is -1.84. The van der Waals surface area contributed by atoms with Gasteiger partial charge < -0.3 is 5.73 Å². The molecule has 0 radical (unpaired) electrons. The number of hydrogen-bond acceptors (Lipinski definition) is 2. The molecule has 0 fully saturated rings. The van der Waals surface area contributed by atoms with Crippen LogP contribution in [-0.4, -0.2) is 9.78 Å². The van der Waals surface area contributed by atoms with E-state index in [4.69, 9.17) is 5.73 Å². The highest BCUT2D eigenvalue weighted by molar-refractivity contribution is 5.73. The van der Waals surface area contributed by atoms with Gasteiger partial charge in [-0.05, 0) is 29.7 Å². The molecule has 3 nitrogen and oxygen atoms in total. The van der Waals surface area contributed by atoms with Gasteiger partial charge in [0.2, 0.25) is 0 Å². The molecule has 4 heteroatoms. The minimum absolute atomic E-state index is 0.172. The lowest BCUT2D eigenvalue weighted by molar-refractivity contribution is 0.612. The summed E-state index contributed by atoms with van der Waals surface area (Å²) < 4.78 is 14.9. The van der Waals surface area contributed by atoms with Crippen LogP contribution >= 0.6 is 0 Å². The number of aromatic nitrogens is 2. The largest absolute Gasteiger partial charge is 0.383 e. The van der Waals surface area contributed by atoms with Crippen LogP contribution in [0, 0.1) is 5.82 Å². The van der Waals surface area contributed by atoms with E-state index in [-0.39, 0.29) is 5.82 Å². The second-order valence-corrected chi connectivity index (χ2v) is 3.73. The third-order valence-electron chi connectivity index (χ3n) is 2.72. The lowest BCUT2D eigenvalue weighted by atomic mass is 10.0. The highest BCUT2D eigenvalue weighted by Gasteiger charge is 2.09. The smallest absolute Gasteiger partial charge is 0.129 e. The van der Waals surface area contributed by atoms with E-state index in [0.717, 1.165) is 11.1 Å². The summed E-state index contributed by atoms with van der Waals surface area (Å²) in [7, 11) is 1.78. The first kappa shape index (κ1) is 10.7. The maximum Gasteiger partial charge on any atom is 0.129 e. The van der Waals surface area contributed by atoms with Crippen molar-refractivity contribution in [3.05, 3.63) is 35.8 Å². The number of hydrogen-bond donors (Lipinski definition) is 1. The molecule has 1 aromatic heterocycles. The fraction of sp³-hybridized carbons (Fsp3) is 0.250. The van der Waals surface area contributed by atoms with Gasteiger partial charge in [-0.3, -0.25) is 4.68 Å². The highest BCUT2D eigenvalue weighted by atomic mass is 19.1. The summed E-state index contributed by atoms with van der Waals surface area (Å²) in [5.74, 6) is 0.419. The van der Waals surface area contributed by atoms with Gasteiger partial charge in [0.25, 0.3) is 0 Å². The average molecular weight is 219 g/mol. The summed E-state index contributed by atoms with van der Waals surface area (Å²) in [5.41, 5.74) is 8.32. The van der Waals surface area contributed by atoms with Crippen LogP contribution in [0.25, 0.3) is 11.1 Å². The van der Waals surface area contributed by atoms with E-state index >= 15 is 0 Å². The van der Waals surface area contributed by atoms with Crippen LogP contribution in [0.5, 0.6) is 0 Å². The van der Waals surface area contributed by atoms with Crippen molar-refractivity contribution in [3.63, 3.8) is 0 Å². The van der Waals surface area contributed by atoms with E-state index in [1.807, 2.05) is 13.0 Å². The number of aryl methyl sites for hydroxylation is 2. The summed E-state index contributed by atoms with van der Waals surface area (Å²) in [6.45, 7) is 1.93. The van der Waals surface area contributed by atoms with Gasteiger partial charge in [0, 0.05) is 12.6 Å². The molecule has 0 spiro atoms. The highest BCUT2D eigenvalue weighted by Crippen LogP contribution is 2.26. The third-order valence-corrected chi connectivity index (χ3v) is 2.72. The predicted molar refractivity (Wildman–Crippen MR) is 62.4 cm³/mol. The first-order valence-corrected chi connectivity index (χ1v) is 5.19. The quantitative estimate of drug-likeness (QED) is 0.842. The Kier molecular flexibility index (Phi) is 2.64. The van der Waals surface area contributed by atoms with Gasteiger partial charge in [-0.25, -0.2) is 4.39 Å². The Labute approximate surface area is 93.7 Å². The molecule has 0 atom stereocenters. The van der Waals surface area contributed by atoms with Crippen molar-refractivity contribution in [3.8, 4) is 11.1 Å². The lowest BCUT2D eigenvalue weighted by Gasteiger charge is -2.04. The van der Waals surface area contributed by atoms with Gasteiger partial charge in [-0.2, -0.15) is 5.10 Å². The van der Waals surface area contributed by atoms with E-state index in [1.165, 1.54) is 6.07 Å². The molecule has 2 rings (SSSR count). The molecule has 0 aliphatic carbocycles. The Morgan fingerprint density at radius 1 is 1.44 bits per heavy atom. The molecule has 0 aliphatic heterocycles. The Morgan fingerprint density at radius 2 is 2.19 bits per heavy atom. The molecule has 0 amide bonds. The van der Waals surface area contributed by atoms with E-state index < -0.39 is 0 Å². The molecule has 0 unspecified atom stereocenters. The molecule has 2 N–H and O–H groups in total. The van der Waals surface area contributed by atoms with E-state index in [9.17, 15) is 4.39 Å². The number of nitrogens with two attached hydrogens (primary N) is 1. The summed E-state index contributed by atoms with van der Waals surface area (Å²) in [6, 6.07) is 5.02. The SMILES string of the molecule is CCc1cc(-c2cnn(C)c2N)ccc1F. The van der Waals surface area contributed by atoms with Crippen LogP contribution in [0.1, 0.15) is 12.5 Å². The molecule has 84 valence electrons. The Morgan fingerprint density at radius 3 is 2.75 bits per heavy atom. The van der Waals surface area contributed by atoms with Crippen LogP contribution < -0.4 is 5.73 Å². The van der Waals surface area contributed by atoms with Gasteiger partial charge in [-0.1, -0.05) is 13.0 Å². The van der Waals surface area contributed by atoms with Gasteiger partial charge in [0.05, 0.1) is 6.20 Å². The number of halogens is 1. The summed E-state index contributed by atoms with van der Waals surface area (Å²) >= 11 is 0. The molecule has 16 heavy (non-hydrogen) atoms. The maximum absolute atomic E-state index is 13.3. The Bertz CT molecular complexity index is 517. The lowest BCUT2D eigenvalue weighted by Crippen LogP contribution is -1.98. The van der Waals surface area contributed by atoms with Crippen LogP contribution in [-0.2, 0) is 13.5 Å². The molecular formula is C12H14FN3. The molecule has 1 heterocycles. The molecule has 1 aromatic carbocycles. The van der Waals surface area contributed by atoms with Crippen molar-refractivity contribution in [2.45, 2.75) is 13.3 Å². The van der Waals surface area contributed by atoms with Crippen molar-refractivity contribution >= 4 is 5.82 Å². The second kappa shape index (κ2) is 3.96. The van der Waals surface area contributed by atoms with Crippen LogP contribution in [0.2, 0.25) is 0 Å². The summed E-state index contributed by atoms with van der Waals surface area (Å²) in [5, 5.41) is 4.07. The fourth-order valence-corrected chi connectivity index (χ4v) is 1.68. The third kappa shape index (κ3) is 1.66. The fourth-order valence-electron chi connectivity index (χ4n) is 1.68. The molecule has 2 aromatic rings. The van der Waals surface area contributed by atoms with E-state index in [2.05, 4.69) is 5.10 Å². The van der Waals surface area contributed by atoms with Crippen molar-refractivity contribution < 1.29 is 4.39 Å². The van der Waals surface area contributed by atoms with Gasteiger partial charge in [0.1, 0.15) is 11.6 Å². The topological polar surface area (TPSA) is 43.8 Å². The second-order valence-electron chi connectivity index (χ2n) is 3.73. The normalized spacial score (nSPS) is 10.7. The maximum atomic E-state index is 13.3. The van der Waals surface area contributed by atoms with Gasteiger partial charge in [0.15, 0.2) is 0 Å². The number of benzene rings is 1. The number of rotatable bonds is 2. The van der Waals surface area contributed by atoms with Crippen LogP contribution in [0.4, 0.5) is 10.2 Å². The molecule has 0 saturated heterocycles. The summed E-state index contributed by atoms with van der Waals surface area (Å²) in [6.07, 6.45) is 2.36. The average Bonchev–Trinajstić information content (AvgIpc) is 2.61. The van der Waals surface area contributed by atoms with Crippen molar-refractivity contribution in [2.75, 3.05) is 5.73 Å². The zero-order valence-electron chi connectivity index (χ0n) is 9.37. The van der Waals surface area contributed by atoms with E-state index in [0.29, 0.717) is 17.8 Å². The molecule has 0 saturated carbocycles. The zero-order chi connectivity index (χ0) is 11.7. The standard InChI is InChI=1S/C12H14FN3/c1-3-8-6-9(4-5-11(8)13)10-7-15-16(2)12(10)14/h4-7H,3,14H2,1-2H3. The first-order chi connectivity index (χ1) is 7.63. The van der Waals surface area contributed by atoms with Crippen molar-refractivity contribution in [1.29, 1.82) is 0 Å². The van der Waals surface area contributed by atoms with Crippen molar-refractivity contribution in [2.24, 2.45) is 7.05 Å². The van der Waals surface area contributed by atoms with Gasteiger partial charge in [-0.15, -0.1) is 0 Å². The van der Waals surface area contributed by atoms with E-state index in [1.54, 1.807) is 24.0 Å². The minimum Gasteiger partial charge on any atom is -0.383 e. The van der Waals surface area contributed by atoms with Crippen LogP contribution in [0.3, 0.4) is 0 Å². The van der Waals surface area contributed by atoms with Gasteiger partial charge >= 0.3 is 0 Å². The first-order valence-electron chi connectivity index (χ1n) is 5.19. The minimum atomic E-state index is -0.172. The number of anilines is 1. The zero-order valence-corrected chi connectivity index (χ0v) is 9.37. The molecule has 0 bridgehead atoms. The number of nitrogen functional groups attached to an aromatic ring is 1. The monoisotopic (exact) mass is 219 g/mol.